The van der Waals surface area contributed by atoms with E-state index in [0.717, 1.165) is 30.4 Å². The van der Waals surface area contributed by atoms with E-state index in [2.05, 4.69) is 27.8 Å². The van der Waals surface area contributed by atoms with Crippen LogP contribution in [0.2, 0.25) is 0 Å². The van der Waals surface area contributed by atoms with Gasteiger partial charge in [0.25, 0.3) is 0 Å². The molecule has 1 aliphatic carbocycles. The molecule has 3 unspecified atom stereocenters. The van der Waals surface area contributed by atoms with Crippen LogP contribution in [0.1, 0.15) is 40.0 Å². The zero-order valence-electron chi connectivity index (χ0n) is 10.5. The molecule has 4 fully saturated rings. The summed E-state index contributed by atoms with van der Waals surface area (Å²) in [7, 11) is 2.20. The summed E-state index contributed by atoms with van der Waals surface area (Å²) in [5.41, 5.74) is 0.943. The molecule has 3 aliphatic heterocycles. The number of nitrogens with zero attached hydrogens (tertiary/aromatic N) is 1. The average molecular weight is 209 g/mol. The van der Waals surface area contributed by atoms with E-state index in [1.54, 1.807) is 0 Å². The summed E-state index contributed by atoms with van der Waals surface area (Å²) in [6, 6.07) is 0. The molecule has 2 nitrogen and oxygen atoms in total. The summed E-state index contributed by atoms with van der Waals surface area (Å²) in [4.78, 5) is 0. The Morgan fingerprint density at radius 2 is 1.47 bits per heavy atom. The molecule has 0 aromatic rings. The van der Waals surface area contributed by atoms with Gasteiger partial charge in [0.2, 0.25) is 0 Å². The van der Waals surface area contributed by atoms with Crippen molar-refractivity contribution in [1.29, 1.82) is 0 Å². The molecule has 0 radical (unpaired) electrons. The summed E-state index contributed by atoms with van der Waals surface area (Å²) >= 11 is 0. The maximum absolute atomic E-state index is 12.6. The Morgan fingerprint density at radius 3 is 1.87 bits per heavy atom. The molecule has 3 heterocycles. The molecule has 2 heteroatoms. The average Bonchev–Trinajstić information content (AvgIpc) is 1.93. The molecule has 1 saturated carbocycles. The van der Waals surface area contributed by atoms with Gasteiger partial charge in [0.1, 0.15) is 0 Å². The van der Waals surface area contributed by atoms with Crippen molar-refractivity contribution in [2.75, 3.05) is 20.1 Å². The van der Waals surface area contributed by atoms with E-state index < -0.39 is 0 Å². The third-order valence-electron chi connectivity index (χ3n) is 5.16. The zero-order chi connectivity index (χ0) is 11.1. The van der Waals surface area contributed by atoms with E-state index in [9.17, 15) is 5.11 Å². The molecular weight excluding hydrogens is 186 g/mol. The Hall–Kier alpha value is -0.0800. The maximum atomic E-state index is 12.6. The highest BCUT2D eigenvalue weighted by Crippen LogP contribution is 2.64. The van der Waals surface area contributed by atoms with Gasteiger partial charge in [0.15, 0.2) is 0 Å². The van der Waals surface area contributed by atoms with Gasteiger partial charge < -0.3 is 9.59 Å². The highest BCUT2D eigenvalue weighted by molar-refractivity contribution is 5.06. The lowest BCUT2D eigenvalue weighted by atomic mass is 9.47. The Kier molecular flexibility index (Phi) is 1.54. The van der Waals surface area contributed by atoms with Crippen molar-refractivity contribution in [1.82, 2.24) is 0 Å². The van der Waals surface area contributed by atoms with Crippen LogP contribution in [-0.2, 0) is 0 Å². The summed E-state index contributed by atoms with van der Waals surface area (Å²) in [5, 5.41) is 12.6. The molecule has 86 valence electrons. The van der Waals surface area contributed by atoms with Crippen LogP contribution in [0.4, 0.5) is 0 Å². The lowest BCUT2D eigenvalue weighted by Crippen LogP contribution is -2.80. The van der Waals surface area contributed by atoms with Crippen LogP contribution in [0, 0.1) is 16.2 Å². The van der Waals surface area contributed by atoms with E-state index in [1.165, 1.54) is 6.42 Å². The van der Waals surface area contributed by atoms with E-state index in [1.807, 2.05) is 0 Å². The van der Waals surface area contributed by atoms with Crippen molar-refractivity contribution < 1.29 is 9.59 Å². The van der Waals surface area contributed by atoms with Crippen LogP contribution in [0.3, 0.4) is 0 Å². The van der Waals surface area contributed by atoms with Crippen molar-refractivity contribution in [3.63, 3.8) is 0 Å². The quantitative estimate of drug-likeness (QED) is 0.552. The molecule has 3 atom stereocenters. The Morgan fingerprint density at radius 1 is 1.00 bits per heavy atom. The number of quaternary nitrogens is 1. The lowest BCUT2D eigenvalue weighted by Gasteiger charge is -2.73. The second-order valence-corrected chi connectivity index (χ2v) is 7.95. The molecule has 4 aliphatic rings. The fourth-order valence-electron chi connectivity index (χ4n) is 6.28. The fraction of sp³-hybridized carbons (Fsp3) is 1.00. The van der Waals surface area contributed by atoms with Crippen molar-refractivity contribution in [2.24, 2.45) is 16.2 Å². The number of hydrogen-bond acceptors (Lipinski definition) is 1. The minimum Gasteiger partial charge on any atom is -0.806 e. The molecule has 0 N–H and O–H groups in total. The highest BCUT2D eigenvalue weighted by atomic mass is 16.3. The normalized spacial score (nSPS) is 67.4. The fourth-order valence-corrected chi connectivity index (χ4v) is 6.28. The number of rotatable bonds is 0. The summed E-state index contributed by atoms with van der Waals surface area (Å²) in [6.45, 7) is 9.29. The SMILES string of the molecule is CC12CC3(C)CC(C)(C1)C([O-])[N+](C)(C2)C3. The zero-order valence-corrected chi connectivity index (χ0v) is 10.5. The van der Waals surface area contributed by atoms with Gasteiger partial charge in [-0.15, -0.1) is 0 Å². The first-order chi connectivity index (χ1) is 6.69. The predicted octanol–water partition coefficient (Wildman–Crippen LogP) is 1.35. The van der Waals surface area contributed by atoms with Gasteiger partial charge in [0.05, 0.1) is 20.1 Å². The molecular formula is C13H23NO. The second-order valence-electron chi connectivity index (χ2n) is 7.95. The Labute approximate surface area is 92.9 Å². The Bertz CT molecular complexity index is 280. The third kappa shape index (κ3) is 1.13. The van der Waals surface area contributed by atoms with Crippen molar-refractivity contribution in [2.45, 2.75) is 46.3 Å². The largest absolute Gasteiger partial charge is 0.806 e. The predicted molar refractivity (Wildman–Crippen MR) is 57.9 cm³/mol. The van der Waals surface area contributed by atoms with Gasteiger partial charge in [-0.25, -0.2) is 0 Å². The molecule has 3 saturated heterocycles. The molecule has 0 spiro atoms. The van der Waals surface area contributed by atoms with Crippen LogP contribution in [0.5, 0.6) is 0 Å². The number of hydrogen-bond donors (Lipinski definition) is 0. The van der Waals surface area contributed by atoms with E-state index in [-0.39, 0.29) is 11.6 Å². The van der Waals surface area contributed by atoms with Crippen molar-refractivity contribution in [3.8, 4) is 0 Å². The summed E-state index contributed by atoms with van der Waals surface area (Å²) in [6.07, 6.45) is 3.30. The van der Waals surface area contributed by atoms with E-state index >= 15 is 0 Å². The van der Waals surface area contributed by atoms with Gasteiger partial charge in [-0.3, -0.25) is 0 Å². The second kappa shape index (κ2) is 2.28. The minimum absolute atomic E-state index is 0.0625. The van der Waals surface area contributed by atoms with Gasteiger partial charge in [-0.05, 0) is 19.3 Å². The summed E-state index contributed by atoms with van der Waals surface area (Å²) in [5.74, 6) is 0. The molecule has 0 amide bonds. The Balaban J connectivity index is 2.12. The first-order valence-corrected chi connectivity index (χ1v) is 6.19. The lowest BCUT2D eigenvalue weighted by molar-refractivity contribution is -1.04. The maximum Gasteiger partial charge on any atom is 0.0831 e. The van der Waals surface area contributed by atoms with E-state index in [0.29, 0.717) is 10.8 Å². The third-order valence-corrected chi connectivity index (χ3v) is 5.16. The summed E-state index contributed by atoms with van der Waals surface area (Å²) < 4.78 is 0.795. The minimum atomic E-state index is -0.376. The van der Waals surface area contributed by atoms with Crippen LogP contribution in [0.25, 0.3) is 0 Å². The van der Waals surface area contributed by atoms with Gasteiger partial charge in [-0.1, -0.05) is 20.8 Å². The molecule has 15 heavy (non-hydrogen) atoms. The van der Waals surface area contributed by atoms with Gasteiger partial charge in [-0.2, -0.15) is 0 Å². The number of piperidine rings is 3. The topological polar surface area (TPSA) is 23.1 Å². The van der Waals surface area contributed by atoms with Crippen molar-refractivity contribution in [3.05, 3.63) is 0 Å². The standard InChI is InChI=1S/C13H23NO/c1-11-5-12(2)7-13(3,6-11)10(15)14(4,8-11)9-12/h10H,5-9H2,1-4H3. The first-order valence-electron chi connectivity index (χ1n) is 6.19. The molecule has 0 aromatic carbocycles. The highest BCUT2D eigenvalue weighted by Gasteiger charge is 2.65. The van der Waals surface area contributed by atoms with Gasteiger partial charge >= 0.3 is 0 Å². The molecule has 4 rings (SSSR count). The van der Waals surface area contributed by atoms with Gasteiger partial charge in [0, 0.05) is 22.5 Å². The van der Waals surface area contributed by atoms with Crippen LogP contribution in [0.15, 0.2) is 0 Å². The van der Waals surface area contributed by atoms with Crippen LogP contribution >= 0.6 is 0 Å². The molecule has 0 aromatic heterocycles. The van der Waals surface area contributed by atoms with Crippen molar-refractivity contribution >= 4 is 0 Å². The van der Waals surface area contributed by atoms with Crippen LogP contribution in [-0.4, -0.2) is 30.8 Å². The first kappa shape index (κ1) is 10.1. The smallest absolute Gasteiger partial charge is 0.0831 e. The monoisotopic (exact) mass is 209 g/mol. The van der Waals surface area contributed by atoms with Crippen LogP contribution < -0.4 is 5.11 Å². The van der Waals surface area contributed by atoms with E-state index in [4.69, 9.17) is 0 Å². The molecule has 4 bridgehead atoms.